The van der Waals surface area contributed by atoms with Crippen molar-refractivity contribution in [2.45, 2.75) is 36.2 Å². The predicted octanol–water partition coefficient (Wildman–Crippen LogP) is 5.09. The van der Waals surface area contributed by atoms with Gasteiger partial charge < -0.3 is 0 Å². The molecule has 2 saturated carbocycles. The third kappa shape index (κ3) is 2.20. The third-order valence-electron chi connectivity index (χ3n) is 6.58. The van der Waals surface area contributed by atoms with E-state index in [1.165, 1.54) is 25.7 Å². The maximum atomic E-state index is 2.66. The molecule has 0 aromatic rings. The van der Waals surface area contributed by atoms with Crippen LogP contribution in [-0.4, -0.2) is 23.0 Å². The van der Waals surface area contributed by atoms with Gasteiger partial charge in [-0.3, -0.25) is 0 Å². The van der Waals surface area contributed by atoms with Crippen molar-refractivity contribution < 1.29 is 0 Å². The van der Waals surface area contributed by atoms with E-state index in [9.17, 15) is 0 Å². The molecular weight excluding hydrogens is 272 g/mol. The first-order valence-electron chi connectivity index (χ1n) is 8.59. The molecule has 0 aromatic carbocycles. The summed E-state index contributed by atoms with van der Waals surface area (Å²) >= 11 is 0. The molecule has 0 nitrogen and oxygen atoms in total. The fourth-order valence-corrected chi connectivity index (χ4v) is 9.60. The Morgan fingerprint density at radius 3 is 1.52 bits per heavy atom. The lowest BCUT2D eigenvalue weighted by atomic mass is 9.91. The van der Waals surface area contributed by atoms with Gasteiger partial charge >= 0.3 is 0 Å². The van der Waals surface area contributed by atoms with Crippen molar-refractivity contribution in [3.8, 4) is 0 Å². The molecule has 0 radical (unpaired) electrons. The Labute approximate surface area is 131 Å². The first-order chi connectivity index (χ1) is 10.2. The van der Waals surface area contributed by atoms with Gasteiger partial charge in [-0.15, -0.1) is 0 Å². The number of fused-ring (bicyclic) bond motifs is 2. The smallest absolute Gasteiger partial charge is 0.00451 e. The molecule has 0 heterocycles. The van der Waals surface area contributed by atoms with Gasteiger partial charge in [0.05, 0.1) is 0 Å². The number of hydrogen-bond donors (Lipinski definition) is 0. The molecule has 0 aromatic heterocycles. The second kappa shape index (κ2) is 5.19. The molecule has 0 N–H and O–H groups in total. The van der Waals surface area contributed by atoms with Crippen LogP contribution in [0.25, 0.3) is 0 Å². The molecule has 21 heavy (non-hydrogen) atoms. The molecule has 0 amide bonds. The zero-order valence-electron chi connectivity index (χ0n) is 13.3. The zero-order chi connectivity index (χ0) is 14.4. The molecule has 4 aliphatic rings. The Morgan fingerprint density at radius 1 is 0.619 bits per heavy atom. The highest BCUT2D eigenvalue weighted by Gasteiger charge is 2.48. The molecule has 6 atom stereocenters. The van der Waals surface area contributed by atoms with Crippen LogP contribution in [0.4, 0.5) is 0 Å². The summed E-state index contributed by atoms with van der Waals surface area (Å²) in [5, 5.41) is 1.90. The summed E-state index contributed by atoms with van der Waals surface area (Å²) in [7, 11) is -0.549. The van der Waals surface area contributed by atoms with Crippen molar-refractivity contribution in [2.24, 2.45) is 23.7 Å². The van der Waals surface area contributed by atoms with E-state index in [2.05, 4.69) is 61.1 Å². The van der Waals surface area contributed by atoms with Crippen LogP contribution in [0.15, 0.2) is 48.6 Å². The summed E-state index contributed by atoms with van der Waals surface area (Å²) in [6.45, 7) is 0. The molecule has 1 heteroatoms. The van der Waals surface area contributed by atoms with Crippen LogP contribution >= 0.6 is 10.0 Å². The minimum absolute atomic E-state index is 0.549. The van der Waals surface area contributed by atoms with Gasteiger partial charge in [-0.25, -0.2) is 10.0 Å². The number of rotatable bonds is 2. The molecule has 4 aliphatic carbocycles. The molecule has 4 rings (SSSR count). The van der Waals surface area contributed by atoms with Gasteiger partial charge in [-0.2, -0.15) is 0 Å². The van der Waals surface area contributed by atoms with E-state index in [1.54, 1.807) is 0 Å². The van der Waals surface area contributed by atoms with Crippen molar-refractivity contribution in [2.75, 3.05) is 12.5 Å². The van der Waals surface area contributed by atoms with Gasteiger partial charge in [0.15, 0.2) is 0 Å². The lowest BCUT2D eigenvalue weighted by molar-refractivity contribution is 0.542. The van der Waals surface area contributed by atoms with Crippen LogP contribution < -0.4 is 0 Å². The van der Waals surface area contributed by atoms with E-state index in [0.717, 1.165) is 34.2 Å². The third-order valence-corrected chi connectivity index (χ3v) is 10.8. The fourth-order valence-electron chi connectivity index (χ4n) is 5.46. The minimum Gasteiger partial charge on any atom is -0.240 e. The van der Waals surface area contributed by atoms with Gasteiger partial charge in [0.2, 0.25) is 0 Å². The highest BCUT2D eigenvalue weighted by Crippen LogP contribution is 2.65. The normalized spacial score (nSPS) is 44.9. The molecule has 2 fully saturated rings. The Kier molecular flexibility index (Phi) is 3.45. The summed E-state index contributed by atoms with van der Waals surface area (Å²) in [5.74, 6) is 3.35. The van der Waals surface area contributed by atoms with E-state index < -0.39 is 10.0 Å². The van der Waals surface area contributed by atoms with Crippen LogP contribution in [0.3, 0.4) is 0 Å². The lowest BCUT2D eigenvalue weighted by Gasteiger charge is -2.48. The van der Waals surface area contributed by atoms with Crippen LogP contribution in [0.2, 0.25) is 0 Å². The monoisotopic (exact) mass is 300 g/mol. The topological polar surface area (TPSA) is 0 Å². The van der Waals surface area contributed by atoms with Crippen molar-refractivity contribution in [3.05, 3.63) is 48.6 Å². The fraction of sp³-hybridized carbons (Fsp3) is 0.600. The predicted molar refractivity (Wildman–Crippen MR) is 96.0 cm³/mol. The lowest BCUT2D eigenvalue weighted by Crippen LogP contribution is -2.33. The first-order valence-corrected chi connectivity index (χ1v) is 11.2. The maximum absolute atomic E-state index is 2.66. The van der Waals surface area contributed by atoms with Gasteiger partial charge in [0.25, 0.3) is 0 Å². The summed E-state index contributed by atoms with van der Waals surface area (Å²) < 4.78 is 0. The Balaban J connectivity index is 1.59. The number of hydrogen-bond acceptors (Lipinski definition) is 0. The van der Waals surface area contributed by atoms with Gasteiger partial charge in [-0.05, 0) is 72.4 Å². The van der Waals surface area contributed by atoms with Crippen molar-refractivity contribution in [1.82, 2.24) is 0 Å². The van der Waals surface area contributed by atoms with E-state index in [4.69, 9.17) is 0 Å². The maximum Gasteiger partial charge on any atom is -0.00451 e. The van der Waals surface area contributed by atoms with Gasteiger partial charge in [0.1, 0.15) is 0 Å². The Bertz CT molecular complexity index is 476. The summed E-state index contributed by atoms with van der Waals surface area (Å²) in [6.07, 6.45) is 30.2. The Hall–Kier alpha value is -0.690. The van der Waals surface area contributed by atoms with Gasteiger partial charge in [-0.1, -0.05) is 48.6 Å². The van der Waals surface area contributed by atoms with Crippen LogP contribution in [0, 0.1) is 23.7 Å². The van der Waals surface area contributed by atoms with Crippen molar-refractivity contribution >= 4 is 10.0 Å². The molecule has 0 saturated heterocycles. The largest absolute Gasteiger partial charge is 0.240 e. The molecule has 0 bridgehead atoms. The SMILES string of the molecule is CS(C)(C1CCC2C=CC=CC21)[C@H]1CCC2C=CC=CC21. The molecular formula is C20H28S. The van der Waals surface area contributed by atoms with Gasteiger partial charge in [0, 0.05) is 0 Å². The van der Waals surface area contributed by atoms with E-state index in [1.807, 2.05) is 0 Å². The van der Waals surface area contributed by atoms with Crippen molar-refractivity contribution in [3.63, 3.8) is 0 Å². The van der Waals surface area contributed by atoms with Crippen molar-refractivity contribution in [1.29, 1.82) is 0 Å². The second-order valence-electron chi connectivity index (χ2n) is 7.74. The van der Waals surface area contributed by atoms with E-state index in [-0.39, 0.29) is 0 Å². The molecule has 0 aliphatic heterocycles. The standard InChI is InChI=1S/C20H28S/c1-21(2,19-13-11-15-7-3-5-9-17(15)19)20-14-12-16-8-4-6-10-18(16)20/h3-10,15-20H,11-14H2,1-2H3/t15?,16?,17?,18?,19-,20?/m0/s1. The summed E-state index contributed by atoms with van der Waals surface area (Å²) in [5.41, 5.74) is 0. The average Bonchev–Trinajstić information content (AvgIpc) is 3.12. The van der Waals surface area contributed by atoms with E-state index in [0.29, 0.717) is 0 Å². The summed E-state index contributed by atoms with van der Waals surface area (Å²) in [4.78, 5) is 0. The van der Waals surface area contributed by atoms with Crippen LogP contribution in [-0.2, 0) is 0 Å². The first kappa shape index (κ1) is 13.9. The number of allylic oxidation sites excluding steroid dienone is 8. The molecule has 5 unspecified atom stereocenters. The quantitative estimate of drug-likeness (QED) is 0.666. The van der Waals surface area contributed by atoms with Crippen LogP contribution in [0.1, 0.15) is 25.7 Å². The van der Waals surface area contributed by atoms with E-state index >= 15 is 0 Å². The zero-order valence-corrected chi connectivity index (χ0v) is 14.1. The van der Waals surface area contributed by atoms with Crippen LogP contribution in [0.5, 0.6) is 0 Å². The average molecular weight is 301 g/mol. The highest BCUT2D eigenvalue weighted by atomic mass is 32.3. The molecule has 0 spiro atoms. The molecule has 114 valence electrons. The Morgan fingerprint density at radius 2 is 1.05 bits per heavy atom. The second-order valence-corrected chi connectivity index (χ2v) is 11.9. The summed E-state index contributed by atoms with van der Waals surface area (Å²) in [6, 6.07) is 0. The highest BCUT2D eigenvalue weighted by molar-refractivity contribution is 8.33. The minimum atomic E-state index is -0.549.